The molecule has 0 saturated carbocycles. The highest BCUT2D eigenvalue weighted by Gasteiger charge is 2.17. The Labute approximate surface area is 97.0 Å². The van der Waals surface area contributed by atoms with Crippen molar-refractivity contribution >= 4 is 11.6 Å². The van der Waals surface area contributed by atoms with Gasteiger partial charge in [-0.1, -0.05) is 32.9 Å². The molecule has 0 fully saturated rings. The lowest BCUT2D eigenvalue weighted by molar-refractivity contribution is 0.0936. The number of hydrogen-bond donors (Lipinski definition) is 2. The van der Waals surface area contributed by atoms with E-state index in [2.05, 4.69) is 26.1 Å². The van der Waals surface area contributed by atoms with Gasteiger partial charge < -0.3 is 11.1 Å². The van der Waals surface area contributed by atoms with Gasteiger partial charge in [-0.25, -0.2) is 0 Å². The van der Waals surface area contributed by atoms with E-state index < -0.39 is 0 Å². The third-order valence-electron chi connectivity index (χ3n) is 2.89. The highest BCUT2D eigenvalue weighted by molar-refractivity contribution is 5.99. The van der Waals surface area contributed by atoms with Crippen molar-refractivity contribution in [3.63, 3.8) is 0 Å². The summed E-state index contributed by atoms with van der Waals surface area (Å²) in [7, 11) is 0. The van der Waals surface area contributed by atoms with Crippen LogP contribution in [0.15, 0.2) is 24.3 Å². The minimum atomic E-state index is -0.0976. The number of nitrogens with two attached hydrogens (primary N) is 1. The Kier molecular flexibility index (Phi) is 3.93. The maximum Gasteiger partial charge on any atom is 0.253 e. The summed E-state index contributed by atoms with van der Waals surface area (Å²) >= 11 is 0. The molecule has 1 amide bonds. The number of rotatable bonds is 4. The van der Waals surface area contributed by atoms with Gasteiger partial charge in [0.2, 0.25) is 0 Å². The second-order valence-corrected chi connectivity index (χ2v) is 4.79. The quantitative estimate of drug-likeness (QED) is 0.766. The minimum absolute atomic E-state index is 0.0976. The summed E-state index contributed by atoms with van der Waals surface area (Å²) in [6, 6.07) is 7.11. The Morgan fingerprint density at radius 1 is 1.38 bits per heavy atom. The fourth-order valence-electron chi connectivity index (χ4n) is 1.24. The predicted molar refractivity (Wildman–Crippen MR) is 67.3 cm³/mol. The van der Waals surface area contributed by atoms with E-state index in [-0.39, 0.29) is 11.3 Å². The third kappa shape index (κ3) is 3.26. The Morgan fingerprint density at radius 3 is 2.56 bits per heavy atom. The molecule has 0 saturated heterocycles. The van der Waals surface area contributed by atoms with Gasteiger partial charge in [0.15, 0.2) is 0 Å². The first-order valence-electron chi connectivity index (χ1n) is 5.59. The van der Waals surface area contributed by atoms with Crippen molar-refractivity contribution in [3.8, 4) is 0 Å². The predicted octanol–water partition coefficient (Wildman–Crippen LogP) is 2.43. The molecule has 0 aromatic heterocycles. The van der Waals surface area contributed by atoms with Gasteiger partial charge in [0.05, 0.1) is 5.56 Å². The van der Waals surface area contributed by atoms with Crippen LogP contribution in [0, 0.1) is 5.41 Å². The van der Waals surface area contributed by atoms with Crippen LogP contribution in [0.2, 0.25) is 0 Å². The number of benzene rings is 1. The monoisotopic (exact) mass is 220 g/mol. The van der Waals surface area contributed by atoms with Gasteiger partial charge in [0.1, 0.15) is 0 Å². The maximum atomic E-state index is 11.8. The highest BCUT2D eigenvalue weighted by atomic mass is 16.1. The zero-order chi connectivity index (χ0) is 12.2. The molecule has 1 rings (SSSR count). The van der Waals surface area contributed by atoms with Crippen LogP contribution >= 0.6 is 0 Å². The maximum absolute atomic E-state index is 11.8. The number of anilines is 1. The largest absolute Gasteiger partial charge is 0.398 e. The van der Waals surface area contributed by atoms with Crippen LogP contribution in [0.5, 0.6) is 0 Å². The summed E-state index contributed by atoms with van der Waals surface area (Å²) in [5.41, 5.74) is 6.93. The zero-order valence-corrected chi connectivity index (χ0v) is 10.2. The first-order chi connectivity index (χ1) is 7.46. The normalized spacial score (nSPS) is 11.2. The Morgan fingerprint density at radius 2 is 2.00 bits per heavy atom. The number of carbonyl (C=O) groups is 1. The van der Waals surface area contributed by atoms with Gasteiger partial charge in [-0.05, 0) is 24.0 Å². The van der Waals surface area contributed by atoms with E-state index in [1.807, 2.05) is 12.1 Å². The van der Waals surface area contributed by atoms with E-state index in [9.17, 15) is 4.79 Å². The standard InChI is InChI=1S/C13H20N2O/c1-4-13(2,3)9-15-12(16)10-7-5-6-8-11(10)14/h5-8H,4,9,14H2,1-3H3,(H,15,16). The van der Waals surface area contributed by atoms with Gasteiger partial charge >= 0.3 is 0 Å². The molecule has 0 aliphatic heterocycles. The number of amides is 1. The number of hydrogen-bond acceptors (Lipinski definition) is 2. The van der Waals surface area contributed by atoms with E-state index in [0.717, 1.165) is 6.42 Å². The molecule has 0 unspecified atom stereocenters. The number of nitrogen functional groups attached to an aromatic ring is 1. The molecule has 3 N–H and O–H groups in total. The Hall–Kier alpha value is -1.51. The number of para-hydroxylation sites is 1. The van der Waals surface area contributed by atoms with Crippen molar-refractivity contribution in [2.75, 3.05) is 12.3 Å². The van der Waals surface area contributed by atoms with Crippen LogP contribution in [0.4, 0.5) is 5.69 Å². The topological polar surface area (TPSA) is 55.1 Å². The molecule has 0 heterocycles. The minimum Gasteiger partial charge on any atom is -0.398 e. The Balaban J connectivity index is 2.64. The lowest BCUT2D eigenvalue weighted by Crippen LogP contribution is -2.33. The van der Waals surface area contributed by atoms with Crippen LogP contribution in [0.3, 0.4) is 0 Å². The highest BCUT2D eigenvalue weighted by Crippen LogP contribution is 2.18. The van der Waals surface area contributed by atoms with Crippen LogP contribution in [-0.4, -0.2) is 12.5 Å². The molecule has 3 nitrogen and oxygen atoms in total. The SMILES string of the molecule is CCC(C)(C)CNC(=O)c1ccccc1N. The van der Waals surface area contributed by atoms with Crippen molar-refractivity contribution < 1.29 is 4.79 Å². The lowest BCUT2D eigenvalue weighted by Gasteiger charge is -2.23. The number of carbonyl (C=O) groups excluding carboxylic acids is 1. The lowest BCUT2D eigenvalue weighted by atomic mass is 9.90. The van der Waals surface area contributed by atoms with E-state index in [4.69, 9.17) is 5.73 Å². The zero-order valence-electron chi connectivity index (χ0n) is 10.2. The molecule has 3 heteroatoms. The summed E-state index contributed by atoms with van der Waals surface area (Å²) in [6.07, 6.45) is 1.03. The second kappa shape index (κ2) is 5.01. The van der Waals surface area contributed by atoms with E-state index in [0.29, 0.717) is 17.8 Å². The van der Waals surface area contributed by atoms with Crippen molar-refractivity contribution in [1.29, 1.82) is 0 Å². The number of nitrogens with one attached hydrogen (secondary N) is 1. The van der Waals surface area contributed by atoms with E-state index in [1.165, 1.54) is 0 Å². The van der Waals surface area contributed by atoms with E-state index >= 15 is 0 Å². The van der Waals surface area contributed by atoms with Crippen molar-refractivity contribution in [2.45, 2.75) is 27.2 Å². The average Bonchev–Trinajstić information content (AvgIpc) is 2.27. The summed E-state index contributed by atoms with van der Waals surface area (Å²) in [5.74, 6) is -0.0976. The first kappa shape index (κ1) is 12.6. The van der Waals surface area contributed by atoms with E-state index in [1.54, 1.807) is 12.1 Å². The van der Waals surface area contributed by atoms with Crippen LogP contribution in [-0.2, 0) is 0 Å². The molecule has 1 aromatic carbocycles. The van der Waals surface area contributed by atoms with Crippen LogP contribution < -0.4 is 11.1 Å². The first-order valence-corrected chi connectivity index (χ1v) is 5.59. The third-order valence-corrected chi connectivity index (χ3v) is 2.89. The molecular weight excluding hydrogens is 200 g/mol. The van der Waals surface area contributed by atoms with Gasteiger partial charge in [-0.3, -0.25) is 4.79 Å². The molecule has 0 spiro atoms. The van der Waals surface area contributed by atoms with Gasteiger partial charge in [0, 0.05) is 12.2 Å². The van der Waals surface area contributed by atoms with Gasteiger partial charge in [-0.15, -0.1) is 0 Å². The second-order valence-electron chi connectivity index (χ2n) is 4.79. The molecule has 0 bridgehead atoms. The fourth-order valence-corrected chi connectivity index (χ4v) is 1.24. The molecule has 0 atom stereocenters. The van der Waals surface area contributed by atoms with Crippen molar-refractivity contribution in [2.24, 2.45) is 5.41 Å². The van der Waals surface area contributed by atoms with Crippen LogP contribution in [0.1, 0.15) is 37.6 Å². The molecular formula is C13H20N2O. The molecule has 1 aromatic rings. The summed E-state index contributed by atoms with van der Waals surface area (Å²) in [6.45, 7) is 7.03. The summed E-state index contributed by atoms with van der Waals surface area (Å²) in [5, 5.41) is 2.91. The molecule has 0 aliphatic carbocycles. The van der Waals surface area contributed by atoms with Gasteiger partial charge in [-0.2, -0.15) is 0 Å². The van der Waals surface area contributed by atoms with Crippen molar-refractivity contribution in [3.05, 3.63) is 29.8 Å². The smallest absolute Gasteiger partial charge is 0.253 e. The average molecular weight is 220 g/mol. The summed E-state index contributed by atoms with van der Waals surface area (Å²) in [4.78, 5) is 11.8. The van der Waals surface area contributed by atoms with Crippen molar-refractivity contribution in [1.82, 2.24) is 5.32 Å². The molecule has 0 radical (unpaired) electrons. The van der Waals surface area contributed by atoms with Crippen LogP contribution in [0.25, 0.3) is 0 Å². The van der Waals surface area contributed by atoms with Gasteiger partial charge in [0.25, 0.3) is 5.91 Å². The summed E-state index contributed by atoms with van der Waals surface area (Å²) < 4.78 is 0. The molecule has 88 valence electrons. The fraction of sp³-hybridized carbons (Fsp3) is 0.462. The molecule has 16 heavy (non-hydrogen) atoms. The Bertz CT molecular complexity index is 372. The molecule has 0 aliphatic rings.